The van der Waals surface area contributed by atoms with Crippen molar-refractivity contribution < 1.29 is 23.5 Å². The maximum atomic E-state index is 13.4. The fourth-order valence-electron chi connectivity index (χ4n) is 3.79. The van der Waals surface area contributed by atoms with Crippen LogP contribution in [-0.4, -0.2) is 63.8 Å². The molecule has 2 aromatic carbocycles. The van der Waals surface area contributed by atoms with Gasteiger partial charge in [0.15, 0.2) is 0 Å². The molecule has 0 radical (unpaired) electrons. The van der Waals surface area contributed by atoms with Crippen LogP contribution in [0.2, 0.25) is 0 Å². The molecule has 1 aliphatic heterocycles. The number of hydrogen-bond donors (Lipinski definition) is 1. The normalized spacial score (nSPS) is 15.4. The van der Waals surface area contributed by atoms with Crippen molar-refractivity contribution in [3.05, 3.63) is 59.4 Å². The Morgan fingerprint density at radius 1 is 1.19 bits per heavy atom. The highest BCUT2D eigenvalue weighted by atomic mass is 19.1. The fraction of sp³-hybridized carbons (Fsp3) is 0.417. The minimum absolute atomic E-state index is 0.0354. The smallest absolute Gasteiger partial charge is 0.254 e. The van der Waals surface area contributed by atoms with Crippen LogP contribution >= 0.6 is 0 Å². The number of nitrogens with zero attached hydrogens (tertiary/aromatic N) is 2. The van der Waals surface area contributed by atoms with Crippen molar-refractivity contribution in [3.63, 3.8) is 0 Å². The van der Waals surface area contributed by atoms with Crippen LogP contribution in [0.25, 0.3) is 0 Å². The topological polar surface area (TPSA) is 71.1 Å². The minimum Gasteiger partial charge on any atom is -0.377 e. The van der Waals surface area contributed by atoms with E-state index in [1.165, 1.54) is 31.4 Å². The highest BCUT2D eigenvalue weighted by Crippen LogP contribution is 2.26. The zero-order valence-corrected chi connectivity index (χ0v) is 18.8. The molecule has 8 heteroatoms. The molecule has 1 unspecified atom stereocenters. The van der Waals surface area contributed by atoms with Gasteiger partial charge < -0.3 is 24.6 Å². The predicted octanol–water partition coefficient (Wildman–Crippen LogP) is 3.30. The molecule has 2 amide bonds. The summed E-state index contributed by atoms with van der Waals surface area (Å²) < 4.78 is 24.0. The van der Waals surface area contributed by atoms with Crippen LogP contribution in [0.3, 0.4) is 0 Å². The second-order valence-electron chi connectivity index (χ2n) is 8.05. The first-order chi connectivity index (χ1) is 15.4. The molecule has 3 rings (SSSR count). The lowest BCUT2D eigenvalue weighted by Crippen LogP contribution is -2.37. The van der Waals surface area contributed by atoms with Gasteiger partial charge in [-0.3, -0.25) is 9.59 Å². The second-order valence-corrected chi connectivity index (χ2v) is 8.05. The summed E-state index contributed by atoms with van der Waals surface area (Å²) in [7, 11) is 5.31. The number of rotatable bonds is 9. The van der Waals surface area contributed by atoms with E-state index >= 15 is 0 Å². The van der Waals surface area contributed by atoms with E-state index in [0.29, 0.717) is 30.9 Å². The van der Waals surface area contributed by atoms with Crippen LogP contribution < -0.4 is 10.2 Å². The molecule has 0 aromatic heterocycles. The van der Waals surface area contributed by atoms with Gasteiger partial charge in [0.05, 0.1) is 6.10 Å². The SMILES string of the molecule is COCC(=O)Nc1ccc(N(C)C)c(CN(CC2CCCO2)C(=O)c2ccc(F)cc2)c1. The number of ether oxygens (including phenoxy) is 2. The third kappa shape index (κ3) is 6.27. The molecule has 2 aromatic rings. The molecule has 1 aliphatic rings. The summed E-state index contributed by atoms with van der Waals surface area (Å²) in [5, 5.41) is 2.81. The standard InChI is InChI=1S/C24H30FN3O4/c1-27(2)22-11-10-20(26-23(29)16-31-3)13-18(22)14-28(15-21-5-4-12-32-21)24(30)17-6-8-19(25)9-7-17/h6-11,13,21H,4-5,12,14-16H2,1-3H3,(H,26,29). The van der Waals surface area contributed by atoms with E-state index in [1.807, 2.05) is 37.2 Å². The molecule has 0 bridgehead atoms. The molecule has 172 valence electrons. The molecular weight excluding hydrogens is 413 g/mol. The Morgan fingerprint density at radius 2 is 1.94 bits per heavy atom. The number of benzene rings is 2. The van der Waals surface area contributed by atoms with Gasteiger partial charge in [-0.25, -0.2) is 4.39 Å². The summed E-state index contributed by atoms with van der Waals surface area (Å²) in [5.41, 5.74) is 2.84. The van der Waals surface area contributed by atoms with Crippen molar-refractivity contribution in [1.29, 1.82) is 0 Å². The van der Waals surface area contributed by atoms with Crippen LogP contribution in [0.5, 0.6) is 0 Å². The summed E-state index contributed by atoms with van der Waals surface area (Å²) in [4.78, 5) is 29.0. The quantitative estimate of drug-likeness (QED) is 0.644. The monoisotopic (exact) mass is 443 g/mol. The summed E-state index contributed by atoms with van der Waals surface area (Å²) >= 11 is 0. The molecule has 1 saturated heterocycles. The van der Waals surface area contributed by atoms with Gasteiger partial charge in [-0.2, -0.15) is 0 Å². The summed E-state index contributed by atoms with van der Waals surface area (Å²) in [6, 6.07) is 11.2. The molecule has 1 heterocycles. The van der Waals surface area contributed by atoms with Gasteiger partial charge in [0.1, 0.15) is 12.4 Å². The average molecular weight is 444 g/mol. The molecular formula is C24H30FN3O4. The van der Waals surface area contributed by atoms with Crippen molar-refractivity contribution in [3.8, 4) is 0 Å². The van der Waals surface area contributed by atoms with Crippen molar-refractivity contribution >= 4 is 23.2 Å². The van der Waals surface area contributed by atoms with E-state index in [0.717, 1.165) is 24.1 Å². The lowest BCUT2D eigenvalue weighted by molar-refractivity contribution is -0.119. The van der Waals surface area contributed by atoms with Crippen molar-refractivity contribution in [2.24, 2.45) is 0 Å². The molecule has 1 N–H and O–H groups in total. The molecule has 1 atom stereocenters. The van der Waals surface area contributed by atoms with E-state index in [4.69, 9.17) is 9.47 Å². The molecule has 1 fully saturated rings. The maximum Gasteiger partial charge on any atom is 0.254 e. The van der Waals surface area contributed by atoms with Crippen molar-refractivity contribution in [2.45, 2.75) is 25.5 Å². The maximum absolute atomic E-state index is 13.4. The van der Waals surface area contributed by atoms with E-state index in [2.05, 4.69) is 5.32 Å². The Kier molecular flexibility index (Phi) is 8.19. The van der Waals surface area contributed by atoms with Crippen LogP contribution in [0.4, 0.5) is 15.8 Å². The van der Waals surface area contributed by atoms with Gasteiger partial charge in [0.2, 0.25) is 5.91 Å². The predicted molar refractivity (Wildman–Crippen MR) is 121 cm³/mol. The number of carbonyl (C=O) groups excluding carboxylic acids is 2. The fourth-order valence-corrected chi connectivity index (χ4v) is 3.79. The Bertz CT molecular complexity index is 927. The Morgan fingerprint density at radius 3 is 2.56 bits per heavy atom. The van der Waals surface area contributed by atoms with Gasteiger partial charge in [-0.15, -0.1) is 0 Å². The summed E-state index contributed by atoms with van der Waals surface area (Å²) in [5.74, 6) is -0.838. The first-order valence-electron chi connectivity index (χ1n) is 10.6. The number of halogens is 1. The highest BCUT2D eigenvalue weighted by Gasteiger charge is 2.25. The number of hydrogen-bond acceptors (Lipinski definition) is 5. The number of carbonyl (C=O) groups is 2. The number of anilines is 2. The number of nitrogens with one attached hydrogen (secondary N) is 1. The van der Waals surface area contributed by atoms with E-state index in [9.17, 15) is 14.0 Å². The van der Waals surface area contributed by atoms with Crippen molar-refractivity contribution in [2.75, 3.05) is 51.2 Å². The van der Waals surface area contributed by atoms with E-state index < -0.39 is 0 Å². The first kappa shape index (κ1) is 23.7. The van der Waals surface area contributed by atoms with Gasteiger partial charge in [-0.1, -0.05) is 0 Å². The lowest BCUT2D eigenvalue weighted by atomic mass is 10.1. The van der Waals surface area contributed by atoms with E-state index in [1.54, 1.807) is 4.90 Å². The first-order valence-corrected chi connectivity index (χ1v) is 10.6. The van der Waals surface area contributed by atoms with Gasteiger partial charge >= 0.3 is 0 Å². The Labute approximate surface area is 188 Å². The van der Waals surface area contributed by atoms with Crippen LogP contribution in [-0.2, 0) is 20.8 Å². The van der Waals surface area contributed by atoms with Crippen molar-refractivity contribution in [1.82, 2.24) is 4.90 Å². The third-order valence-corrected chi connectivity index (χ3v) is 5.31. The Hall–Kier alpha value is -2.97. The van der Waals surface area contributed by atoms with Crippen LogP contribution in [0, 0.1) is 5.82 Å². The molecule has 32 heavy (non-hydrogen) atoms. The lowest BCUT2D eigenvalue weighted by Gasteiger charge is -2.28. The second kappa shape index (κ2) is 11.1. The molecule has 0 saturated carbocycles. The molecule has 0 aliphatic carbocycles. The van der Waals surface area contributed by atoms with Gasteiger partial charge in [0.25, 0.3) is 5.91 Å². The van der Waals surface area contributed by atoms with Crippen LogP contribution in [0.1, 0.15) is 28.8 Å². The average Bonchev–Trinajstić information content (AvgIpc) is 3.26. The van der Waals surface area contributed by atoms with E-state index in [-0.39, 0.29) is 30.3 Å². The van der Waals surface area contributed by atoms with Gasteiger partial charge in [0, 0.05) is 57.8 Å². The molecule has 0 spiro atoms. The summed E-state index contributed by atoms with van der Waals surface area (Å²) in [6.07, 6.45) is 1.82. The third-order valence-electron chi connectivity index (χ3n) is 5.31. The highest BCUT2D eigenvalue weighted by molar-refractivity contribution is 5.94. The zero-order chi connectivity index (χ0) is 23.1. The Balaban J connectivity index is 1.89. The van der Waals surface area contributed by atoms with Crippen LogP contribution in [0.15, 0.2) is 42.5 Å². The number of methoxy groups -OCH3 is 1. The van der Waals surface area contributed by atoms with Gasteiger partial charge in [-0.05, 0) is 60.9 Å². The largest absolute Gasteiger partial charge is 0.377 e. The minimum atomic E-state index is -0.387. The summed E-state index contributed by atoms with van der Waals surface area (Å²) in [6.45, 7) is 1.40. The molecule has 7 nitrogen and oxygen atoms in total. The number of amides is 2. The zero-order valence-electron chi connectivity index (χ0n) is 18.8.